The molecule has 0 aromatic carbocycles. The number of halogens is 6. The van der Waals surface area contributed by atoms with Gasteiger partial charge in [-0.3, -0.25) is 0 Å². The van der Waals surface area contributed by atoms with Crippen molar-refractivity contribution in [1.29, 1.82) is 0 Å². The fourth-order valence-corrected chi connectivity index (χ4v) is 2.92. The van der Waals surface area contributed by atoms with E-state index in [1.165, 1.54) is 62.6 Å². The van der Waals surface area contributed by atoms with Crippen LogP contribution in [0, 0.1) is 0 Å². The predicted molar refractivity (Wildman–Crippen MR) is 95.9 cm³/mol. The van der Waals surface area contributed by atoms with Gasteiger partial charge in [-0.05, 0) is 25.7 Å². The van der Waals surface area contributed by atoms with Crippen molar-refractivity contribution in [2.45, 2.75) is 59.3 Å². The summed E-state index contributed by atoms with van der Waals surface area (Å²) in [6, 6.07) is 0. The van der Waals surface area contributed by atoms with Gasteiger partial charge in [0, 0.05) is 0 Å². The van der Waals surface area contributed by atoms with Crippen molar-refractivity contribution in [3.63, 3.8) is 0 Å². The molecule has 0 aromatic heterocycles. The van der Waals surface area contributed by atoms with E-state index in [-0.39, 0.29) is 6.61 Å². The molecule has 0 saturated carbocycles. The van der Waals surface area contributed by atoms with Crippen LogP contribution in [-0.4, -0.2) is 55.6 Å². The zero-order valence-corrected chi connectivity index (χ0v) is 17.1. The van der Waals surface area contributed by atoms with Gasteiger partial charge in [-0.25, -0.2) is 0 Å². The average Bonchev–Trinajstić information content (AvgIpc) is 2.46. The van der Waals surface area contributed by atoms with Gasteiger partial charge in [0.25, 0.3) is 0 Å². The van der Waals surface area contributed by atoms with Gasteiger partial charge >= 0.3 is 33.0 Å². The van der Waals surface area contributed by atoms with Crippen molar-refractivity contribution in [3.8, 4) is 0 Å². The molecule has 0 aliphatic carbocycles. The van der Waals surface area contributed by atoms with Crippen LogP contribution in [0.25, 0.3) is 0 Å². The molecule has 0 radical (unpaired) electrons. The topological polar surface area (TPSA) is 29.5 Å². The first-order valence-electron chi connectivity index (χ1n) is 9.29. The van der Waals surface area contributed by atoms with Crippen LogP contribution in [-0.2, 0) is 4.74 Å². The van der Waals surface area contributed by atoms with Crippen molar-refractivity contribution >= 4 is 7.81 Å². The zero-order valence-electron chi connectivity index (χ0n) is 16.2. The summed E-state index contributed by atoms with van der Waals surface area (Å²) in [5.74, 6) is 0. The molecule has 26 heavy (non-hydrogen) atoms. The summed E-state index contributed by atoms with van der Waals surface area (Å²) in [4.78, 5) is 0. The Morgan fingerprint density at radius 2 is 1.19 bits per heavy atom. The SMILES string of the molecule is CCCCCC[N+](CCC)(CCC)CCOCCO.F[P-](F)(F)(F)(F)F. The zero-order chi connectivity index (χ0) is 20.8. The molecule has 3 nitrogen and oxygen atoms in total. The van der Waals surface area contributed by atoms with Gasteiger partial charge in [-0.2, -0.15) is 0 Å². The van der Waals surface area contributed by atoms with E-state index in [2.05, 4.69) is 20.8 Å². The molecule has 0 heterocycles. The Morgan fingerprint density at radius 3 is 1.58 bits per heavy atom. The molecule has 0 aromatic rings. The normalized spacial score (nSPS) is 15.0. The summed E-state index contributed by atoms with van der Waals surface area (Å²) in [5.41, 5.74) is 0. The molecule has 0 rings (SSSR count). The maximum absolute atomic E-state index is 10.7. The molecular formula is C16H36F6NO2P. The van der Waals surface area contributed by atoms with Gasteiger partial charge in [0.1, 0.15) is 6.54 Å². The molecule has 0 spiro atoms. The number of hydrogen-bond donors (Lipinski definition) is 1. The quantitative estimate of drug-likeness (QED) is 0.149. The minimum absolute atomic E-state index is 0.137. The second kappa shape index (κ2) is 11.7. The molecule has 0 aliphatic heterocycles. The van der Waals surface area contributed by atoms with Crippen LogP contribution in [0.15, 0.2) is 0 Å². The van der Waals surface area contributed by atoms with E-state index in [9.17, 15) is 25.2 Å². The van der Waals surface area contributed by atoms with Gasteiger partial charge in [-0.1, -0.05) is 33.6 Å². The summed E-state index contributed by atoms with van der Waals surface area (Å²) in [7, 11) is -10.7. The van der Waals surface area contributed by atoms with Gasteiger partial charge in [0.15, 0.2) is 0 Å². The molecule has 0 saturated heterocycles. The number of hydrogen-bond acceptors (Lipinski definition) is 2. The van der Waals surface area contributed by atoms with Crippen molar-refractivity contribution in [2.24, 2.45) is 0 Å². The van der Waals surface area contributed by atoms with Gasteiger partial charge in [0.05, 0.1) is 39.5 Å². The first-order chi connectivity index (χ1) is 11.7. The molecule has 0 amide bonds. The van der Waals surface area contributed by atoms with Crippen molar-refractivity contribution in [3.05, 3.63) is 0 Å². The second-order valence-corrected chi connectivity index (χ2v) is 8.51. The Balaban J connectivity index is 0. The number of aliphatic hydroxyl groups excluding tert-OH is 1. The Bertz CT molecular complexity index is 319. The minimum atomic E-state index is -10.7. The summed E-state index contributed by atoms with van der Waals surface area (Å²) >= 11 is 0. The first kappa shape index (κ1) is 28.1. The standard InChI is InChI=1S/C16H36NO2.F6P/c1-4-7-8-9-12-17(10-5-2,11-6-3)13-15-19-16-14-18;1-7(2,3,4,5)6/h18H,4-16H2,1-3H3;/q+1;-1. The summed E-state index contributed by atoms with van der Waals surface area (Å²) in [6.07, 6.45) is 7.86. The van der Waals surface area contributed by atoms with Crippen LogP contribution in [0.5, 0.6) is 0 Å². The fourth-order valence-electron chi connectivity index (χ4n) is 2.92. The molecule has 0 fully saturated rings. The van der Waals surface area contributed by atoms with Crippen LogP contribution < -0.4 is 0 Å². The molecular weight excluding hydrogens is 383 g/mol. The Hall–Kier alpha value is -0.110. The molecule has 10 heteroatoms. The first-order valence-corrected chi connectivity index (χ1v) is 11.3. The number of quaternary nitrogens is 1. The van der Waals surface area contributed by atoms with Crippen LogP contribution in [0.3, 0.4) is 0 Å². The monoisotopic (exact) mass is 419 g/mol. The Labute approximate surface area is 153 Å². The van der Waals surface area contributed by atoms with E-state index in [0.29, 0.717) is 6.61 Å². The number of nitrogens with zero attached hydrogens (tertiary/aromatic N) is 1. The number of unbranched alkanes of at least 4 members (excludes halogenated alkanes) is 3. The van der Waals surface area contributed by atoms with Gasteiger partial charge < -0.3 is 14.3 Å². The predicted octanol–water partition coefficient (Wildman–Crippen LogP) is 6.59. The Kier molecular flexibility index (Phi) is 12.6. The molecule has 0 unspecified atom stereocenters. The third-order valence-electron chi connectivity index (χ3n) is 3.83. The van der Waals surface area contributed by atoms with E-state index in [1.807, 2.05) is 0 Å². The molecule has 0 aliphatic rings. The van der Waals surface area contributed by atoms with Crippen LogP contribution in [0.2, 0.25) is 0 Å². The number of ether oxygens (including phenoxy) is 1. The van der Waals surface area contributed by atoms with E-state index < -0.39 is 7.81 Å². The van der Waals surface area contributed by atoms with Gasteiger partial charge in [-0.15, -0.1) is 0 Å². The van der Waals surface area contributed by atoms with E-state index in [4.69, 9.17) is 9.84 Å². The van der Waals surface area contributed by atoms with E-state index in [1.54, 1.807) is 0 Å². The van der Waals surface area contributed by atoms with E-state index in [0.717, 1.165) is 13.2 Å². The second-order valence-electron chi connectivity index (χ2n) is 6.59. The van der Waals surface area contributed by atoms with Crippen LogP contribution in [0.4, 0.5) is 25.2 Å². The van der Waals surface area contributed by atoms with Crippen LogP contribution in [0.1, 0.15) is 59.3 Å². The summed E-state index contributed by atoms with van der Waals surface area (Å²) in [5, 5.41) is 8.77. The Morgan fingerprint density at radius 1 is 0.692 bits per heavy atom. The van der Waals surface area contributed by atoms with Crippen molar-refractivity contribution in [1.82, 2.24) is 0 Å². The van der Waals surface area contributed by atoms with Gasteiger partial charge in [0.2, 0.25) is 0 Å². The van der Waals surface area contributed by atoms with Crippen molar-refractivity contribution in [2.75, 3.05) is 46.0 Å². The summed E-state index contributed by atoms with van der Waals surface area (Å²) < 4.78 is 65.9. The van der Waals surface area contributed by atoms with Crippen LogP contribution >= 0.6 is 7.81 Å². The fraction of sp³-hybridized carbons (Fsp3) is 1.00. The summed E-state index contributed by atoms with van der Waals surface area (Å²) in [6.45, 7) is 13.2. The molecule has 0 bridgehead atoms. The third kappa shape index (κ3) is 26.1. The number of aliphatic hydroxyl groups is 1. The van der Waals surface area contributed by atoms with E-state index >= 15 is 0 Å². The van der Waals surface area contributed by atoms with Crippen molar-refractivity contribution < 1.29 is 39.5 Å². The maximum atomic E-state index is 9.87. The molecule has 0 atom stereocenters. The molecule has 1 N–H and O–H groups in total. The average molecular weight is 419 g/mol. The molecule has 164 valence electrons. The number of rotatable bonds is 14. The third-order valence-corrected chi connectivity index (χ3v) is 3.83.